The van der Waals surface area contributed by atoms with Gasteiger partial charge in [-0.2, -0.15) is 4.98 Å². The summed E-state index contributed by atoms with van der Waals surface area (Å²) < 4.78 is 1.40. The van der Waals surface area contributed by atoms with Gasteiger partial charge in [-0.15, -0.1) is 0 Å². The number of hydrogen-bond donors (Lipinski definition) is 5. The molecule has 0 radical (unpaired) electrons. The first kappa shape index (κ1) is 22.8. The van der Waals surface area contributed by atoms with Gasteiger partial charge in [0.25, 0.3) is 5.56 Å². The van der Waals surface area contributed by atoms with Gasteiger partial charge in [0.15, 0.2) is 0 Å². The van der Waals surface area contributed by atoms with Crippen LogP contribution in [0.3, 0.4) is 0 Å². The maximum absolute atomic E-state index is 13.3. The lowest BCUT2D eigenvalue weighted by atomic mass is 9.98. The van der Waals surface area contributed by atoms with Gasteiger partial charge in [0.2, 0.25) is 5.95 Å². The van der Waals surface area contributed by atoms with Gasteiger partial charge in [-0.3, -0.25) is 14.8 Å². The van der Waals surface area contributed by atoms with Crippen LogP contribution in [0.5, 0.6) is 0 Å². The van der Waals surface area contributed by atoms with Crippen molar-refractivity contribution in [3.05, 3.63) is 111 Å². The predicted octanol–water partition coefficient (Wildman–Crippen LogP) is 2.49. The topological polar surface area (TPSA) is 157 Å². The van der Waals surface area contributed by atoms with E-state index in [0.29, 0.717) is 11.1 Å². The van der Waals surface area contributed by atoms with E-state index in [-0.39, 0.29) is 42.7 Å². The Morgan fingerprint density at radius 2 is 1.65 bits per heavy atom. The number of nitrogen functional groups attached to an aromatic ring is 3. The second-order valence-corrected chi connectivity index (χ2v) is 8.04. The SMILES string of the molecule is N=C(N)c1ccccc1-c1ccc(Cn2c(N)nc(N)c(Cc3cccc(CO)c3)c2=O)cc1. The lowest BCUT2D eigenvalue weighted by Gasteiger charge is -2.14. The number of hydrogen-bond acceptors (Lipinski definition) is 6. The molecule has 0 saturated heterocycles. The minimum Gasteiger partial charge on any atom is -0.392 e. The number of amidine groups is 1. The third-order valence-electron chi connectivity index (χ3n) is 5.70. The molecule has 34 heavy (non-hydrogen) atoms. The molecule has 1 aromatic heterocycles. The van der Waals surface area contributed by atoms with Gasteiger partial charge >= 0.3 is 0 Å². The number of nitrogens with zero attached hydrogens (tertiary/aromatic N) is 2. The van der Waals surface area contributed by atoms with Crippen LogP contribution in [-0.4, -0.2) is 20.5 Å². The second kappa shape index (κ2) is 9.60. The Hall–Kier alpha value is -4.43. The Balaban J connectivity index is 1.64. The zero-order chi connectivity index (χ0) is 24.2. The van der Waals surface area contributed by atoms with E-state index in [0.717, 1.165) is 27.8 Å². The first-order valence-electron chi connectivity index (χ1n) is 10.7. The zero-order valence-electron chi connectivity index (χ0n) is 18.5. The number of aromatic nitrogens is 2. The summed E-state index contributed by atoms with van der Waals surface area (Å²) in [4.78, 5) is 17.5. The molecular weight excluding hydrogens is 428 g/mol. The molecule has 0 aliphatic rings. The molecule has 4 aromatic rings. The normalized spacial score (nSPS) is 10.9. The Morgan fingerprint density at radius 1 is 0.941 bits per heavy atom. The summed E-state index contributed by atoms with van der Waals surface area (Å²) in [6.45, 7) is 0.149. The smallest absolute Gasteiger partial charge is 0.260 e. The van der Waals surface area contributed by atoms with Gasteiger partial charge in [0, 0.05) is 12.0 Å². The van der Waals surface area contributed by atoms with Crippen LogP contribution in [0.4, 0.5) is 11.8 Å². The molecule has 0 atom stereocenters. The number of nitrogens with one attached hydrogen (secondary N) is 1. The number of anilines is 2. The molecule has 3 aromatic carbocycles. The van der Waals surface area contributed by atoms with E-state index in [4.69, 9.17) is 22.6 Å². The Kier molecular flexibility index (Phi) is 6.42. The quantitative estimate of drug-likeness (QED) is 0.213. The molecule has 4 rings (SSSR count). The van der Waals surface area contributed by atoms with Crippen molar-refractivity contribution in [2.24, 2.45) is 5.73 Å². The molecule has 172 valence electrons. The first-order valence-corrected chi connectivity index (χ1v) is 10.7. The molecule has 0 amide bonds. The highest BCUT2D eigenvalue weighted by atomic mass is 16.3. The number of benzene rings is 3. The van der Waals surface area contributed by atoms with Gasteiger partial charge < -0.3 is 22.3 Å². The summed E-state index contributed by atoms with van der Waals surface area (Å²) in [7, 11) is 0. The van der Waals surface area contributed by atoms with Crippen molar-refractivity contribution in [1.82, 2.24) is 9.55 Å². The highest BCUT2D eigenvalue weighted by Gasteiger charge is 2.15. The molecule has 0 unspecified atom stereocenters. The maximum Gasteiger partial charge on any atom is 0.260 e. The van der Waals surface area contributed by atoms with Crippen LogP contribution in [-0.2, 0) is 19.6 Å². The van der Waals surface area contributed by atoms with E-state index in [1.54, 1.807) is 0 Å². The van der Waals surface area contributed by atoms with E-state index in [1.165, 1.54) is 4.57 Å². The summed E-state index contributed by atoms with van der Waals surface area (Å²) in [6.07, 6.45) is 0.284. The van der Waals surface area contributed by atoms with Crippen molar-refractivity contribution in [2.45, 2.75) is 19.6 Å². The Bertz CT molecular complexity index is 1410. The second-order valence-electron chi connectivity index (χ2n) is 8.04. The van der Waals surface area contributed by atoms with Crippen molar-refractivity contribution in [2.75, 3.05) is 11.5 Å². The number of aliphatic hydroxyl groups is 1. The summed E-state index contributed by atoms with van der Waals surface area (Å²) in [5.41, 5.74) is 22.8. The minimum atomic E-state index is -0.301. The predicted molar refractivity (Wildman–Crippen MR) is 134 cm³/mol. The largest absolute Gasteiger partial charge is 0.392 e. The molecule has 8 N–H and O–H groups in total. The average Bonchev–Trinajstić information content (AvgIpc) is 2.85. The van der Waals surface area contributed by atoms with Crippen LogP contribution in [0.25, 0.3) is 11.1 Å². The van der Waals surface area contributed by atoms with Crippen LogP contribution in [0, 0.1) is 5.41 Å². The van der Waals surface area contributed by atoms with E-state index in [1.807, 2.05) is 72.8 Å². The summed E-state index contributed by atoms with van der Waals surface area (Å²) in [5, 5.41) is 17.2. The van der Waals surface area contributed by atoms with E-state index in [9.17, 15) is 9.90 Å². The zero-order valence-corrected chi connectivity index (χ0v) is 18.5. The van der Waals surface area contributed by atoms with Crippen LogP contribution >= 0.6 is 0 Å². The number of nitrogens with two attached hydrogens (primary N) is 3. The van der Waals surface area contributed by atoms with Gasteiger partial charge in [0.1, 0.15) is 11.7 Å². The van der Waals surface area contributed by atoms with Crippen molar-refractivity contribution in [3.8, 4) is 11.1 Å². The van der Waals surface area contributed by atoms with Gasteiger partial charge in [-0.05, 0) is 27.8 Å². The minimum absolute atomic E-state index is 0.00371. The average molecular weight is 455 g/mol. The highest BCUT2D eigenvalue weighted by Crippen LogP contribution is 2.24. The fourth-order valence-electron chi connectivity index (χ4n) is 3.93. The van der Waals surface area contributed by atoms with Crippen molar-refractivity contribution < 1.29 is 5.11 Å². The maximum atomic E-state index is 13.3. The molecule has 0 fully saturated rings. The molecule has 0 aliphatic heterocycles. The molecule has 0 spiro atoms. The van der Waals surface area contributed by atoms with Gasteiger partial charge in [0.05, 0.1) is 18.7 Å². The summed E-state index contributed by atoms with van der Waals surface area (Å²) in [6, 6.07) is 22.4. The fraction of sp³-hybridized carbons (Fsp3) is 0.115. The van der Waals surface area contributed by atoms with Crippen molar-refractivity contribution in [3.63, 3.8) is 0 Å². The standard InChI is InChI=1S/C26H26N6O2/c27-23(28)21-7-2-1-6-20(21)19-10-8-16(9-11-19)14-32-25(34)22(24(29)31-26(32)30)13-17-4-3-5-18(12-17)15-33/h1-12,33H,13-15,29H2,(H3,27,28)(H2,30,31). The van der Waals surface area contributed by atoms with Crippen LogP contribution in [0.15, 0.2) is 77.6 Å². The fourth-order valence-corrected chi connectivity index (χ4v) is 3.93. The lowest BCUT2D eigenvalue weighted by Crippen LogP contribution is -2.29. The molecule has 8 nitrogen and oxygen atoms in total. The highest BCUT2D eigenvalue weighted by molar-refractivity contribution is 6.01. The molecular formula is C26H26N6O2. The van der Waals surface area contributed by atoms with Crippen LogP contribution in [0.2, 0.25) is 0 Å². The van der Waals surface area contributed by atoms with E-state index in [2.05, 4.69) is 4.98 Å². The molecule has 8 heteroatoms. The first-order chi connectivity index (χ1) is 16.4. The van der Waals surface area contributed by atoms with Crippen LogP contribution < -0.4 is 22.8 Å². The monoisotopic (exact) mass is 454 g/mol. The summed E-state index contributed by atoms with van der Waals surface area (Å²) in [5.74, 6) is 0.148. The molecule has 1 heterocycles. The third kappa shape index (κ3) is 4.67. The van der Waals surface area contributed by atoms with Crippen molar-refractivity contribution >= 4 is 17.6 Å². The number of rotatable bonds is 7. The van der Waals surface area contributed by atoms with Gasteiger partial charge in [-0.25, -0.2) is 0 Å². The molecule has 0 saturated carbocycles. The van der Waals surface area contributed by atoms with Crippen molar-refractivity contribution in [1.29, 1.82) is 5.41 Å². The van der Waals surface area contributed by atoms with E-state index < -0.39 is 0 Å². The Morgan fingerprint density at radius 3 is 2.35 bits per heavy atom. The number of aliphatic hydroxyl groups excluding tert-OH is 1. The Labute approximate surface area is 196 Å². The van der Waals surface area contributed by atoms with Gasteiger partial charge in [-0.1, -0.05) is 72.8 Å². The third-order valence-corrected chi connectivity index (χ3v) is 5.70. The summed E-state index contributed by atoms with van der Waals surface area (Å²) >= 11 is 0. The van der Waals surface area contributed by atoms with E-state index >= 15 is 0 Å². The van der Waals surface area contributed by atoms with Crippen LogP contribution in [0.1, 0.15) is 27.8 Å². The lowest BCUT2D eigenvalue weighted by molar-refractivity contribution is 0.281. The molecule has 0 bridgehead atoms. The molecule has 0 aliphatic carbocycles.